The first-order valence-corrected chi connectivity index (χ1v) is 3.14. The first kappa shape index (κ1) is 6.55. The number of carbonyl (C=O) groups excluding carboxylic acids is 1. The van der Waals surface area contributed by atoms with Crippen molar-refractivity contribution in [1.29, 1.82) is 0 Å². The van der Waals surface area contributed by atoms with Crippen molar-refractivity contribution in [3.05, 3.63) is 0 Å². The molecular formula is C6H11NO2. The van der Waals surface area contributed by atoms with E-state index in [1.165, 1.54) is 0 Å². The fourth-order valence-electron chi connectivity index (χ4n) is 1.01. The summed E-state index contributed by atoms with van der Waals surface area (Å²) >= 11 is 0. The van der Waals surface area contributed by atoms with Gasteiger partial charge in [0.15, 0.2) is 0 Å². The number of amides is 1. The standard InChI is InChI=1S/C6H11NO2/c1-4-5(3-8)2-7-6(4)9/h4-5,8H,2-3H2,1H3,(H,7,9)/t4-,5-/m1/s1. The highest BCUT2D eigenvalue weighted by atomic mass is 16.3. The van der Waals surface area contributed by atoms with Gasteiger partial charge in [0.25, 0.3) is 0 Å². The highest BCUT2D eigenvalue weighted by molar-refractivity contribution is 5.80. The van der Waals surface area contributed by atoms with Gasteiger partial charge in [-0.3, -0.25) is 4.79 Å². The lowest BCUT2D eigenvalue weighted by molar-refractivity contribution is -0.122. The van der Waals surface area contributed by atoms with Gasteiger partial charge in [-0.2, -0.15) is 0 Å². The summed E-state index contributed by atoms with van der Waals surface area (Å²) in [5.41, 5.74) is 0. The van der Waals surface area contributed by atoms with Gasteiger partial charge in [0.1, 0.15) is 0 Å². The van der Waals surface area contributed by atoms with Gasteiger partial charge in [-0.05, 0) is 0 Å². The molecule has 0 aromatic carbocycles. The number of rotatable bonds is 1. The van der Waals surface area contributed by atoms with Crippen LogP contribution in [-0.4, -0.2) is 24.2 Å². The molecule has 0 bridgehead atoms. The minimum atomic E-state index is -0.00463. The topological polar surface area (TPSA) is 49.3 Å². The van der Waals surface area contributed by atoms with Gasteiger partial charge in [0, 0.05) is 25.0 Å². The molecule has 0 unspecified atom stereocenters. The number of carbonyl (C=O) groups is 1. The summed E-state index contributed by atoms with van der Waals surface area (Å²) in [4.78, 5) is 10.7. The van der Waals surface area contributed by atoms with E-state index in [-0.39, 0.29) is 24.3 Å². The minimum Gasteiger partial charge on any atom is -0.396 e. The lowest BCUT2D eigenvalue weighted by atomic mass is 9.99. The summed E-state index contributed by atoms with van der Waals surface area (Å²) in [5.74, 6) is 0.196. The summed E-state index contributed by atoms with van der Waals surface area (Å²) in [6, 6.07) is 0. The third kappa shape index (κ3) is 1.05. The molecule has 1 rings (SSSR count). The lowest BCUT2D eigenvalue weighted by Gasteiger charge is -2.05. The van der Waals surface area contributed by atoms with Crippen molar-refractivity contribution >= 4 is 5.91 Å². The largest absolute Gasteiger partial charge is 0.396 e. The van der Waals surface area contributed by atoms with Crippen LogP contribution in [0.4, 0.5) is 0 Å². The quantitative estimate of drug-likeness (QED) is 0.495. The third-order valence-corrected chi connectivity index (χ3v) is 1.89. The van der Waals surface area contributed by atoms with Crippen molar-refractivity contribution < 1.29 is 9.90 Å². The summed E-state index contributed by atoms with van der Waals surface area (Å²) < 4.78 is 0. The molecule has 1 heterocycles. The predicted octanol–water partition coefficient (Wildman–Crippen LogP) is -0.639. The Balaban J connectivity index is 2.51. The summed E-state index contributed by atoms with van der Waals surface area (Å²) in [6.45, 7) is 2.58. The molecule has 0 aromatic rings. The van der Waals surface area contributed by atoms with Gasteiger partial charge in [0.05, 0.1) is 0 Å². The van der Waals surface area contributed by atoms with Crippen LogP contribution in [-0.2, 0) is 4.79 Å². The van der Waals surface area contributed by atoms with Crippen LogP contribution < -0.4 is 5.32 Å². The fraction of sp³-hybridized carbons (Fsp3) is 0.833. The average Bonchev–Trinajstić information content (AvgIpc) is 2.15. The minimum absolute atomic E-state index is 0.00463. The Kier molecular flexibility index (Phi) is 1.71. The van der Waals surface area contributed by atoms with E-state index < -0.39 is 0 Å². The van der Waals surface area contributed by atoms with Crippen LogP contribution >= 0.6 is 0 Å². The molecule has 1 fully saturated rings. The van der Waals surface area contributed by atoms with Crippen LogP contribution in [0.3, 0.4) is 0 Å². The maximum Gasteiger partial charge on any atom is 0.223 e. The molecule has 2 atom stereocenters. The maximum atomic E-state index is 10.7. The molecule has 0 aliphatic carbocycles. The highest BCUT2D eigenvalue weighted by Gasteiger charge is 2.29. The van der Waals surface area contributed by atoms with Crippen molar-refractivity contribution in [2.75, 3.05) is 13.2 Å². The number of aliphatic hydroxyl groups is 1. The summed E-state index contributed by atoms with van der Waals surface area (Å²) in [6.07, 6.45) is 0. The van der Waals surface area contributed by atoms with Crippen LogP contribution in [0.2, 0.25) is 0 Å². The van der Waals surface area contributed by atoms with Crippen LogP contribution in [0.5, 0.6) is 0 Å². The van der Waals surface area contributed by atoms with Crippen LogP contribution in [0, 0.1) is 11.8 Å². The van der Waals surface area contributed by atoms with E-state index in [1.54, 1.807) is 0 Å². The molecule has 9 heavy (non-hydrogen) atoms. The first-order valence-electron chi connectivity index (χ1n) is 3.14. The van der Waals surface area contributed by atoms with E-state index in [0.29, 0.717) is 6.54 Å². The molecule has 2 N–H and O–H groups in total. The van der Waals surface area contributed by atoms with Crippen molar-refractivity contribution in [2.24, 2.45) is 11.8 Å². The predicted molar refractivity (Wildman–Crippen MR) is 32.7 cm³/mol. The molecule has 1 amide bonds. The first-order chi connectivity index (χ1) is 4.25. The number of nitrogens with one attached hydrogen (secondary N) is 1. The zero-order valence-corrected chi connectivity index (χ0v) is 5.42. The van der Waals surface area contributed by atoms with Crippen LogP contribution in [0.1, 0.15) is 6.92 Å². The molecule has 52 valence electrons. The number of hydrogen-bond donors (Lipinski definition) is 2. The van der Waals surface area contributed by atoms with E-state index in [0.717, 1.165) is 0 Å². The molecule has 3 heteroatoms. The zero-order chi connectivity index (χ0) is 6.85. The van der Waals surface area contributed by atoms with Gasteiger partial charge in [-0.25, -0.2) is 0 Å². The smallest absolute Gasteiger partial charge is 0.223 e. The highest BCUT2D eigenvalue weighted by Crippen LogP contribution is 2.15. The van der Waals surface area contributed by atoms with Crippen molar-refractivity contribution in [2.45, 2.75) is 6.92 Å². The van der Waals surface area contributed by atoms with E-state index in [9.17, 15) is 4.79 Å². The second-order valence-electron chi connectivity index (χ2n) is 2.48. The Morgan fingerprint density at radius 2 is 2.56 bits per heavy atom. The monoisotopic (exact) mass is 129 g/mol. The SMILES string of the molecule is C[C@H]1C(=O)NC[C@@H]1CO. The van der Waals surface area contributed by atoms with E-state index in [1.807, 2.05) is 6.92 Å². The zero-order valence-electron chi connectivity index (χ0n) is 5.42. The Morgan fingerprint density at radius 3 is 2.78 bits per heavy atom. The van der Waals surface area contributed by atoms with Crippen molar-refractivity contribution in [3.8, 4) is 0 Å². The van der Waals surface area contributed by atoms with Gasteiger partial charge in [0.2, 0.25) is 5.91 Å². The normalized spacial score (nSPS) is 34.7. The maximum absolute atomic E-state index is 10.7. The Labute approximate surface area is 54.1 Å². The van der Waals surface area contributed by atoms with Gasteiger partial charge in [-0.15, -0.1) is 0 Å². The summed E-state index contributed by atoms with van der Waals surface area (Å²) in [7, 11) is 0. The molecule has 1 aliphatic heterocycles. The van der Waals surface area contributed by atoms with Crippen LogP contribution in [0.15, 0.2) is 0 Å². The summed E-state index contributed by atoms with van der Waals surface area (Å²) in [5, 5.41) is 11.3. The lowest BCUT2D eigenvalue weighted by Crippen LogP contribution is -2.17. The van der Waals surface area contributed by atoms with E-state index in [4.69, 9.17) is 5.11 Å². The number of hydrogen-bond acceptors (Lipinski definition) is 2. The number of aliphatic hydroxyl groups excluding tert-OH is 1. The third-order valence-electron chi connectivity index (χ3n) is 1.89. The van der Waals surface area contributed by atoms with Crippen molar-refractivity contribution in [3.63, 3.8) is 0 Å². The Bertz CT molecular complexity index is 124. The molecule has 0 saturated carbocycles. The molecule has 1 aliphatic rings. The van der Waals surface area contributed by atoms with Gasteiger partial charge < -0.3 is 10.4 Å². The molecule has 3 nitrogen and oxygen atoms in total. The van der Waals surface area contributed by atoms with Gasteiger partial charge in [-0.1, -0.05) is 6.92 Å². The Morgan fingerprint density at radius 1 is 1.89 bits per heavy atom. The molecule has 0 radical (unpaired) electrons. The Hall–Kier alpha value is -0.570. The van der Waals surface area contributed by atoms with E-state index >= 15 is 0 Å². The second kappa shape index (κ2) is 2.35. The molecular weight excluding hydrogens is 118 g/mol. The fourth-order valence-corrected chi connectivity index (χ4v) is 1.01. The van der Waals surface area contributed by atoms with E-state index in [2.05, 4.69) is 5.32 Å². The average molecular weight is 129 g/mol. The van der Waals surface area contributed by atoms with Crippen molar-refractivity contribution in [1.82, 2.24) is 5.32 Å². The molecule has 0 aromatic heterocycles. The van der Waals surface area contributed by atoms with Crippen LogP contribution in [0.25, 0.3) is 0 Å². The van der Waals surface area contributed by atoms with Gasteiger partial charge >= 0.3 is 0 Å². The second-order valence-corrected chi connectivity index (χ2v) is 2.48. The molecule has 0 spiro atoms. The molecule has 1 saturated heterocycles.